The number of piperidine rings is 2. The quantitative estimate of drug-likeness (QED) is 0.0643. The summed E-state index contributed by atoms with van der Waals surface area (Å²) in [5.41, 5.74) is -1.23. The summed E-state index contributed by atoms with van der Waals surface area (Å²) in [4.78, 5) is 111. The number of amides is 4. The van der Waals surface area contributed by atoms with Gasteiger partial charge in [0.1, 0.15) is 12.2 Å². The third-order valence-electron chi connectivity index (χ3n) is 38.8. The number of fused-ring (bicyclic) bond motifs is 14. The molecular formula is C96H154CaN4O12. The van der Waals surface area contributed by atoms with Crippen LogP contribution in [0.5, 0.6) is 0 Å². The van der Waals surface area contributed by atoms with E-state index < -0.39 is 45.5 Å². The Balaban J connectivity index is 0.000000237. The Hall–Kier alpha value is -3.50. The summed E-state index contributed by atoms with van der Waals surface area (Å²) in [7, 11) is 0. The van der Waals surface area contributed by atoms with Crippen LogP contribution in [-0.4, -0.2) is 156 Å². The van der Waals surface area contributed by atoms with Gasteiger partial charge in [0.25, 0.3) is 0 Å². The Kier molecular flexibility index (Phi) is 24.0. The summed E-state index contributed by atoms with van der Waals surface area (Å²) in [6.45, 7) is 56.8. The molecular weight excluding hydrogens is 1440 g/mol. The Labute approximate surface area is 714 Å². The van der Waals surface area contributed by atoms with Crippen molar-refractivity contribution in [2.24, 2.45) is 147 Å². The summed E-state index contributed by atoms with van der Waals surface area (Å²) in [5.74, 6) is 2.46. The van der Waals surface area contributed by atoms with Crippen LogP contribution in [0.3, 0.4) is 0 Å². The molecule has 14 fully saturated rings. The smallest absolute Gasteiger partial charge is 1.00 e. The van der Waals surface area contributed by atoms with Gasteiger partial charge in [0.15, 0.2) is 0 Å². The number of carbonyl (C=O) groups is 8. The van der Waals surface area contributed by atoms with Crippen molar-refractivity contribution in [2.45, 2.75) is 355 Å². The van der Waals surface area contributed by atoms with E-state index in [9.17, 15) is 39.0 Å². The topological polar surface area (TPSA) is 226 Å². The number of carboxylic acid groups (broad SMARTS) is 2. The van der Waals surface area contributed by atoms with Crippen molar-refractivity contribution < 1.29 is 60.9 Å². The minimum atomic E-state index is -1.16. The van der Waals surface area contributed by atoms with Gasteiger partial charge in [-0.15, -0.1) is 0 Å². The molecule has 0 aromatic rings. The normalized spacial score (nSPS) is 43.4. The molecule has 632 valence electrons. The average Bonchev–Trinajstić information content (AvgIpc) is 1.67. The molecule has 0 radical (unpaired) electrons. The number of esters is 2. The van der Waals surface area contributed by atoms with Gasteiger partial charge in [-0.2, -0.15) is 0 Å². The fourth-order valence-electron chi connectivity index (χ4n) is 31.1. The van der Waals surface area contributed by atoms with Crippen molar-refractivity contribution in [3.8, 4) is 0 Å². The molecule has 12 saturated carbocycles. The fraction of sp³-hybridized carbons (Fsp3) is 0.875. The summed E-state index contributed by atoms with van der Waals surface area (Å²) in [5, 5.41) is 26.6. The van der Waals surface area contributed by atoms with E-state index in [1.165, 1.54) is 24.0 Å². The number of ether oxygens (including phenoxy) is 2. The predicted molar refractivity (Wildman–Crippen MR) is 446 cm³/mol. The van der Waals surface area contributed by atoms with Crippen LogP contribution in [0, 0.1) is 147 Å². The number of nitrogens with one attached hydrogen (secondary N) is 2. The van der Waals surface area contributed by atoms with E-state index in [0.717, 1.165) is 193 Å². The van der Waals surface area contributed by atoms with Crippen LogP contribution in [0.15, 0.2) is 24.3 Å². The third kappa shape index (κ3) is 14.0. The molecule has 2 aliphatic heterocycles. The SMILES string of the molecule is C=C(C)[C@@H]1CC[C@]2(C(=O)NC3C[C@H](C(=O)N4CCCCC4)C3(C)C)CC[C@@]3(C)C4CC[C@H]5C(C)(C)[C@@H](OC(=O)CC(C)(C)C(=O)O)CC[C@]5(C)[C@H]4CC[C@]3(C)C12.C=C(C)[C@@H]1CC[C@]2(C(=O)NC3C[C@H](C(=O)N4CCCCC4)C3(C)C)CC[C@@]3(C)C4CC[C@H]5C(C)(C)[C@@H](OC(=O)CC(C)(C)C(=O)O)CC[C@]5(C)[C@H]4CC[C@]3(C)C12.[Ca+2].[H-].[H-]. The maximum atomic E-state index is 15.1. The van der Waals surface area contributed by atoms with Crippen LogP contribution in [0.2, 0.25) is 0 Å². The number of nitrogens with zero attached hydrogens (tertiary/aromatic N) is 2. The van der Waals surface area contributed by atoms with E-state index in [-0.39, 0.29) is 167 Å². The maximum absolute atomic E-state index is 15.1. The first-order valence-corrected chi connectivity index (χ1v) is 45.3. The van der Waals surface area contributed by atoms with Gasteiger partial charge in [-0.05, 0) is 324 Å². The zero-order valence-electron chi connectivity index (χ0n) is 76.3. The minimum absolute atomic E-state index is 0. The zero-order valence-corrected chi connectivity index (χ0v) is 76.5. The molecule has 0 bridgehead atoms. The van der Waals surface area contributed by atoms with E-state index in [4.69, 9.17) is 9.47 Å². The monoisotopic (exact) mass is 1600 g/mol. The van der Waals surface area contributed by atoms with Crippen molar-refractivity contribution in [1.82, 2.24) is 20.4 Å². The number of carboxylic acids is 2. The summed E-state index contributed by atoms with van der Waals surface area (Å²) in [6, 6.07) is 0.0299. The molecule has 2 saturated heterocycles. The number of aliphatic carboxylic acids is 2. The number of carbonyl (C=O) groups excluding carboxylic acids is 6. The number of likely N-dealkylation sites (tertiary alicyclic amines) is 2. The van der Waals surface area contributed by atoms with Crippen molar-refractivity contribution in [3.63, 3.8) is 0 Å². The average molecular weight is 1600 g/mol. The first-order valence-electron chi connectivity index (χ1n) is 45.3. The van der Waals surface area contributed by atoms with Crippen LogP contribution in [-0.2, 0) is 47.8 Å². The summed E-state index contributed by atoms with van der Waals surface area (Å²) < 4.78 is 12.4. The first kappa shape index (κ1) is 88.8. The second-order valence-electron chi connectivity index (χ2n) is 46.1. The molecule has 2 heterocycles. The maximum Gasteiger partial charge on any atom is 2.00 e. The predicted octanol–water partition coefficient (Wildman–Crippen LogP) is 19.0. The van der Waals surface area contributed by atoms with Gasteiger partial charge in [-0.3, -0.25) is 38.4 Å². The number of allylic oxidation sites excluding steroid dienone is 2. The van der Waals surface area contributed by atoms with Crippen LogP contribution in [0.4, 0.5) is 0 Å². The Morgan fingerprint density at radius 3 is 1.06 bits per heavy atom. The summed E-state index contributed by atoms with van der Waals surface area (Å²) >= 11 is 0. The molecule has 16 nitrogen and oxygen atoms in total. The molecule has 12 aliphatic carbocycles. The molecule has 14 aliphatic rings. The van der Waals surface area contributed by atoms with E-state index in [1.54, 1.807) is 27.7 Å². The van der Waals surface area contributed by atoms with Crippen molar-refractivity contribution >= 4 is 85.2 Å². The third-order valence-corrected chi connectivity index (χ3v) is 38.8. The van der Waals surface area contributed by atoms with Crippen LogP contribution < -0.4 is 10.6 Å². The first-order chi connectivity index (χ1) is 51.9. The van der Waals surface area contributed by atoms with Gasteiger partial charge in [0.05, 0.1) is 34.5 Å². The van der Waals surface area contributed by atoms with Crippen molar-refractivity contribution in [3.05, 3.63) is 24.3 Å². The van der Waals surface area contributed by atoms with Gasteiger partial charge < -0.3 is 43.0 Å². The van der Waals surface area contributed by atoms with Gasteiger partial charge >= 0.3 is 61.6 Å². The minimum Gasteiger partial charge on any atom is -1.00 e. The second-order valence-corrected chi connectivity index (χ2v) is 46.1. The van der Waals surface area contributed by atoms with Gasteiger partial charge in [-0.1, -0.05) is 121 Å². The second kappa shape index (κ2) is 30.6. The molecule has 0 aromatic heterocycles. The van der Waals surface area contributed by atoms with Crippen molar-refractivity contribution in [2.75, 3.05) is 26.2 Å². The van der Waals surface area contributed by atoms with Gasteiger partial charge in [0.2, 0.25) is 23.6 Å². The van der Waals surface area contributed by atoms with Gasteiger partial charge in [0, 0.05) is 60.9 Å². The molecule has 6 unspecified atom stereocenters. The molecule has 14 rings (SSSR count). The number of rotatable bonds is 16. The van der Waals surface area contributed by atoms with E-state index in [2.05, 4.69) is 144 Å². The fourth-order valence-corrected chi connectivity index (χ4v) is 31.1. The van der Waals surface area contributed by atoms with Gasteiger partial charge in [-0.25, -0.2) is 0 Å². The Morgan fingerprint density at radius 2 is 0.752 bits per heavy atom. The Morgan fingerprint density at radius 1 is 0.416 bits per heavy atom. The standard InChI is InChI=1S/2C48H76N2O6.Ca.2H/c2*1-29(2)30-17-22-48(40(53)49-35-27-33(43(35,5)6)39(52)50-25-13-12-14-26-50)24-23-46(10)32-15-16-34-44(7,8)36(56-37(51)28-42(3,4)41(54)55)19-20-45(34,9)31(32)18-21-47(46,11)38(30)48;;;/h2*30-36,38H,1,12-28H2,2-11H3,(H,49,53)(H,54,55);;;/q;;+2;2*-1/t2*30-,31-,32?,33+,34-,35?,36-,38?,45+,46-,47+,48-;;;/m00.../s1. The molecule has 4 amide bonds. The zero-order chi connectivity index (χ0) is 82.0. The number of hydrogen-bond donors (Lipinski definition) is 4. The molecule has 0 spiro atoms. The molecule has 24 atom stereocenters. The Bertz CT molecular complexity index is 3510. The van der Waals surface area contributed by atoms with Crippen molar-refractivity contribution in [1.29, 1.82) is 0 Å². The largest absolute Gasteiger partial charge is 2.00 e. The van der Waals surface area contributed by atoms with E-state index in [1.807, 2.05) is 0 Å². The van der Waals surface area contributed by atoms with Crippen LogP contribution in [0.25, 0.3) is 0 Å². The number of hydrogen-bond acceptors (Lipinski definition) is 10. The summed E-state index contributed by atoms with van der Waals surface area (Å²) in [6.07, 6.45) is 28.1. The van der Waals surface area contributed by atoms with E-state index in [0.29, 0.717) is 59.2 Å². The molecule has 4 N–H and O–H groups in total. The molecule has 113 heavy (non-hydrogen) atoms. The molecule has 17 heteroatoms. The van der Waals surface area contributed by atoms with Crippen LogP contribution >= 0.6 is 0 Å². The van der Waals surface area contributed by atoms with Crippen LogP contribution in [0.1, 0.15) is 334 Å². The van der Waals surface area contributed by atoms with E-state index >= 15 is 9.59 Å². The molecule has 0 aromatic carbocycles.